The molecule has 0 fully saturated rings. The third kappa shape index (κ3) is 5.17. The van der Waals surface area contributed by atoms with Gasteiger partial charge in [-0.3, -0.25) is 0 Å². The van der Waals surface area contributed by atoms with Gasteiger partial charge in [0.1, 0.15) is 0 Å². The molecule has 3 nitrogen and oxygen atoms in total. The average molecular weight is 776 g/mol. The topological polar surface area (TPSA) is 14.8 Å². The molecule has 0 spiro atoms. The highest BCUT2D eigenvalue weighted by Gasteiger charge is 2.20. The second-order valence-corrected chi connectivity index (χ2v) is 16.2. The van der Waals surface area contributed by atoms with Crippen LogP contribution < -0.4 is 0 Å². The minimum atomic E-state index is 1.14. The molecule has 0 bridgehead atoms. The van der Waals surface area contributed by atoms with Gasteiger partial charge in [-0.1, -0.05) is 140 Å². The van der Waals surface area contributed by atoms with Crippen LogP contribution in [0.25, 0.3) is 116 Å². The monoisotopic (exact) mass is 775 g/mol. The molecule has 0 saturated heterocycles. The number of hydrogen-bond acceptors (Lipinski definition) is 0. The lowest BCUT2D eigenvalue weighted by Crippen LogP contribution is -1.96. The molecule has 0 aliphatic rings. The Balaban J connectivity index is 1.06. The maximum Gasteiger partial charge on any atom is 0.0562 e. The van der Waals surface area contributed by atoms with Crippen molar-refractivity contribution in [3.05, 3.63) is 224 Å². The summed E-state index contributed by atoms with van der Waals surface area (Å²) in [5.74, 6) is 0. The Morgan fingerprint density at radius 3 is 1.30 bits per heavy atom. The maximum absolute atomic E-state index is 2.47. The van der Waals surface area contributed by atoms with E-state index in [2.05, 4.69) is 238 Å². The van der Waals surface area contributed by atoms with Crippen LogP contribution in [0.2, 0.25) is 0 Å². The highest BCUT2D eigenvalue weighted by atomic mass is 15.0. The van der Waals surface area contributed by atoms with Crippen LogP contribution in [0.15, 0.2) is 224 Å². The van der Waals surface area contributed by atoms with Gasteiger partial charge >= 0.3 is 0 Å². The van der Waals surface area contributed by atoms with Crippen LogP contribution in [0, 0.1) is 0 Å². The number of aromatic nitrogens is 3. The number of nitrogens with zero attached hydrogens (tertiary/aromatic N) is 3. The Bertz CT molecular complexity index is 3850. The first-order valence-corrected chi connectivity index (χ1v) is 21.0. The van der Waals surface area contributed by atoms with Gasteiger partial charge in [0.25, 0.3) is 0 Å². The van der Waals surface area contributed by atoms with Crippen LogP contribution in [0.3, 0.4) is 0 Å². The van der Waals surface area contributed by atoms with Crippen LogP contribution >= 0.6 is 0 Å². The molecule has 13 rings (SSSR count). The van der Waals surface area contributed by atoms with E-state index in [-0.39, 0.29) is 0 Å². The van der Waals surface area contributed by atoms with Gasteiger partial charge in [-0.15, -0.1) is 0 Å². The van der Waals surface area contributed by atoms with Crippen molar-refractivity contribution in [2.45, 2.75) is 0 Å². The Morgan fingerprint density at radius 2 is 0.623 bits per heavy atom. The van der Waals surface area contributed by atoms with Crippen molar-refractivity contribution in [1.82, 2.24) is 13.7 Å². The predicted molar refractivity (Wildman–Crippen MR) is 258 cm³/mol. The zero-order chi connectivity index (χ0) is 40.0. The van der Waals surface area contributed by atoms with Gasteiger partial charge in [-0.25, -0.2) is 0 Å². The van der Waals surface area contributed by atoms with Crippen LogP contribution in [0.1, 0.15) is 0 Å². The van der Waals surface area contributed by atoms with Gasteiger partial charge in [0.05, 0.1) is 33.1 Å². The van der Waals surface area contributed by atoms with Gasteiger partial charge < -0.3 is 13.7 Å². The van der Waals surface area contributed by atoms with Crippen molar-refractivity contribution < 1.29 is 0 Å². The van der Waals surface area contributed by atoms with E-state index >= 15 is 0 Å². The van der Waals surface area contributed by atoms with E-state index < -0.39 is 0 Å². The standard InChI is InChI=1S/C58H37N3/c1-3-13-38(14-4-1)40-23-28-45(29-24-40)60-54-22-12-10-20-48(54)51-36-52-50-35-43(27-32-56(50)61(58(52)37-57(51)60)46-30-25-39-15-7-8-16-41(39)33-46)42-26-31-55-49(34-42)47-19-9-11-21-53(47)59(55)44-17-5-2-6-18-44/h1-37H. The van der Waals surface area contributed by atoms with E-state index in [0.717, 1.165) is 11.4 Å². The summed E-state index contributed by atoms with van der Waals surface area (Å²) in [5, 5.41) is 9.93. The molecule has 3 heterocycles. The zero-order valence-electron chi connectivity index (χ0n) is 33.2. The Morgan fingerprint density at radius 1 is 0.197 bits per heavy atom. The van der Waals surface area contributed by atoms with Crippen LogP contribution in [-0.4, -0.2) is 13.7 Å². The van der Waals surface area contributed by atoms with E-state index in [0.29, 0.717) is 0 Å². The molecule has 0 aliphatic carbocycles. The fourth-order valence-electron chi connectivity index (χ4n) is 9.97. The third-order valence-electron chi connectivity index (χ3n) is 12.8. The third-order valence-corrected chi connectivity index (χ3v) is 12.8. The quantitative estimate of drug-likeness (QED) is 0.165. The van der Waals surface area contributed by atoms with Crippen molar-refractivity contribution in [1.29, 1.82) is 0 Å². The number of hydrogen-bond donors (Lipinski definition) is 0. The average Bonchev–Trinajstić information content (AvgIpc) is 3.96. The molecule has 61 heavy (non-hydrogen) atoms. The first-order chi connectivity index (χ1) is 30.2. The summed E-state index contributed by atoms with van der Waals surface area (Å²) < 4.78 is 7.29. The lowest BCUT2D eigenvalue weighted by Gasteiger charge is -2.12. The van der Waals surface area contributed by atoms with Gasteiger partial charge in [-0.05, 0) is 118 Å². The number of para-hydroxylation sites is 3. The van der Waals surface area contributed by atoms with E-state index in [1.807, 2.05) is 0 Å². The Kier molecular flexibility index (Phi) is 7.31. The second-order valence-electron chi connectivity index (χ2n) is 16.2. The molecule has 0 unspecified atom stereocenters. The minimum absolute atomic E-state index is 1.14. The first kappa shape index (κ1) is 33.8. The minimum Gasteiger partial charge on any atom is -0.309 e. The summed E-state index contributed by atoms with van der Waals surface area (Å²) in [7, 11) is 0. The van der Waals surface area contributed by atoms with Crippen molar-refractivity contribution >= 4 is 76.2 Å². The molecule has 0 saturated carbocycles. The Labute approximate surface area is 352 Å². The SMILES string of the molecule is c1ccc(-c2ccc(-n3c4ccccc4c4cc5c6cc(-c7ccc8c(c7)c7ccccc7n8-c7ccccc7)ccc6n(-c6ccc7ccccc7c6)c5cc43)cc2)cc1. The van der Waals surface area contributed by atoms with E-state index in [9.17, 15) is 0 Å². The van der Waals surface area contributed by atoms with Gasteiger partial charge in [0, 0.05) is 49.4 Å². The molecule has 284 valence electrons. The van der Waals surface area contributed by atoms with Crippen LogP contribution in [0.5, 0.6) is 0 Å². The van der Waals surface area contributed by atoms with Crippen LogP contribution in [-0.2, 0) is 0 Å². The predicted octanol–water partition coefficient (Wildman–Crippen LogP) is 15.5. The molecule has 10 aromatic carbocycles. The highest BCUT2D eigenvalue weighted by molar-refractivity contribution is 6.20. The summed E-state index contributed by atoms with van der Waals surface area (Å²) in [4.78, 5) is 0. The van der Waals surface area contributed by atoms with Gasteiger partial charge in [0.2, 0.25) is 0 Å². The van der Waals surface area contributed by atoms with Gasteiger partial charge in [-0.2, -0.15) is 0 Å². The van der Waals surface area contributed by atoms with E-state index in [1.165, 1.54) is 104 Å². The molecule has 0 amide bonds. The number of fused-ring (bicyclic) bond motifs is 10. The van der Waals surface area contributed by atoms with E-state index in [4.69, 9.17) is 0 Å². The fraction of sp³-hybridized carbons (Fsp3) is 0. The lowest BCUT2D eigenvalue weighted by atomic mass is 10.00. The van der Waals surface area contributed by atoms with Crippen molar-refractivity contribution in [3.63, 3.8) is 0 Å². The smallest absolute Gasteiger partial charge is 0.0562 e. The molecular formula is C58H37N3. The molecule has 3 heteroatoms. The number of benzene rings is 10. The summed E-state index contributed by atoms with van der Waals surface area (Å²) in [6.07, 6.45) is 0. The normalized spacial score (nSPS) is 11.9. The molecule has 13 aromatic rings. The number of rotatable bonds is 5. The largest absolute Gasteiger partial charge is 0.309 e. The maximum atomic E-state index is 2.47. The molecular weight excluding hydrogens is 739 g/mol. The molecule has 3 aromatic heterocycles. The highest BCUT2D eigenvalue weighted by Crippen LogP contribution is 2.42. The fourth-order valence-corrected chi connectivity index (χ4v) is 9.97. The Hall–Kier alpha value is -8.14. The molecule has 0 atom stereocenters. The van der Waals surface area contributed by atoms with Crippen molar-refractivity contribution in [3.8, 4) is 39.3 Å². The molecule has 0 radical (unpaired) electrons. The first-order valence-electron chi connectivity index (χ1n) is 21.0. The second kappa shape index (κ2) is 13.2. The molecule has 0 N–H and O–H groups in total. The van der Waals surface area contributed by atoms with Crippen molar-refractivity contribution in [2.75, 3.05) is 0 Å². The summed E-state index contributed by atoms with van der Waals surface area (Å²) in [6, 6.07) is 82.3. The van der Waals surface area contributed by atoms with Crippen LogP contribution in [0.4, 0.5) is 0 Å². The zero-order valence-corrected chi connectivity index (χ0v) is 33.2. The van der Waals surface area contributed by atoms with E-state index in [1.54, 1.807) is 0 Å². The summed E-state index contributed by atoms with van der Waals surface area (Å²) in [5.41, 5.74) is 15.5. The summed E-state index contributed by atoms with van der Waals surface area (Å²) >= 11 is 0. The van der Waals surface area contributed by atoms with Crippen molar-refractivity contribution in [2.24, 2.45) is 0 Å². The van der Waals surface area contributed by atoms with Gasteiger partial charge in [0.15, 0.2) is 0 Å². The molecule has 0 aliphatic heterocycles. The summed E-state index contributed by atoms with van der Waals surface area (Å²) in [6.45, 7) is 0. The lowest BCUT2D eigenvalue weighted by molar-refractivity contribution is 1.17.